The van der Waals surface area contributed by atoms with Crippen molar-refractivity contribution in [3.8, 4) is 0 Å². The molecule has 1 fully saturated rings. The van der Waals surface area contributed by atoms with E-state index >= 15 is 0 Å². The minimum atomic E-state index is 0.0555. The zero-order valence-electron chi connectivity index (χ0n) is 21.3. The van der Waals surface area contributed by atoms with E-state index in [0.29, 0.717) is 25.2 Å². The van der Waals surface area contributed by atoms with E-state index in [0.717, 1.165) is 55.0 Å². The van der Waals surface area contributed by atoms with Crippen LogP contribution in [0.1, 0.15) is 52.0 Å². The predicted octanol–water partition coefficient (Wildman–Crippen LogP) is 3.82. The Balaban J connectivity index is 1.14. The summed E-state index contributed by atoms with van der Waals surface area (Å²) in [4.78, 5) is 37.6. The lowest BCUT2D eigenvalue weighted by molar-refractivity contribution is 0.0629. The third kappa shape index (κ3) is 4.99. The molecule has 190 valence electrons. The van der Waals surface area contributed by atoms with Gasteiger partial charge in [-0.1, -0.05) is 18.2 Å². The lowest BCUT2D eigenvalue weighted by Gasteiger charge is -2.34. The van der Waals surface area contributed by atoms with Crippen molar-refractivity contribution in [1.82, 2.24) is 34.6 Å². The first-order valence-electron chi connectivity index (χ1n) is 13.2. The highest BCUT2D eigenvalue weighted by Crippen LogP contribution is 2.32. The minimum Gasteiger partial charge on any atom is -0.341 e. The predicted molar refractivity (Wildman–Crippen MR) is 143 cm³/mol. The van der Waals surface area contributed by atoms with Crippen LogP contribution in [-0.4, -0.2) is 73.8 Å². The van der Waals surface area contributed by atoms with Crippen LogP contribution in [0, 0.1) is 0 Å². The number of aryl methyl sites for hydroxylation is 1. The first kappa shape index (κ1) is 23.8. The molecule has 0 radical (unpaired) electrons. The van der Waals surface area contributed by atoms with E-state index in [4.69, 9.17) is 9.97 Å². The maximum Gasteiger partial charge on any atom is 0.256 e. The van der Waals surface area contributed by atoms with Crippen LogP contribution in [0.15, 0.2) is 60.9 Å². The monoisotopic (exact) mass is 495 g/mol. The summed E-state index contributed by atoms with van der Waals surface area (Å²) in [6.07, 6.45) is 7.08. The van der Waals surface area contributed by atoms with Crippen molar-refractivity contribution in [3.63, 3.8) is 0 Å². The van der Waals surface area contributed by atoms with Crippen molar-refractivity contribution in [1.29, 1.82) is 0 Å². The minimum absolute atomic E-state index is 0.0555. The van der Waals surface area contributed by atoms with Gasteiger partial charge in [-0.05, 0) is 62.2 Å². The van der Waals surface area contributed by atoms with Gasteiger partial charge in [0.05, 0.1) is 35.1 Å². The van der Waals surface area contributed by atoms with Gasteiger partial charge >= 0.3 is 0 Å². The number of rotatable bonds is 6. The Kier molecular flexibility index (Phi) is 6.68. The van der Waals surface area contributed by atoms with E-state index in [-0.39, 0.29) is 11.9 Å². The zero-order chi connectivity index (χ0) is 25.2. The van der Waals surface area contributed by atoms with Crippen LogP contribution in [-0.2, 0) is 19.5 Å². The maximum absolute atomic E-state index is 13.5. The molecule has 1 N–H and O–H groups in total. The molecule has 0 saturated carbocycles. The fourth-order valence-corrected chi connectivity index (χ4v) is 5.69. The third-order valence-electron chi connectivity index (χ3n) is 7.66. The second kappa shape index (κ2) is 10.4. The fourth-order valence-electron chi connectivity index (χ4n) is 5.69. The Morgan fingerprint density at radius 1 is 1.03 bits per heavy atom. The molecular formula is C29H33N7O. The van der Waals surface area contributed by atoms with Gasteiger partial charge in [0.25, 0.3) is 5.91 Å². The number of hydrogen-bond donors (Lipinski definition) is 1. The molecule has 8 heteroatoms. The van der Waals surface area contributed by atoms with Crippen LogP contribution in [0.4, 0.5) is 0 Å². The second-order valence-corrected chi connectivity index (χ2v) is 10.1. The van der Waals surface area contributed by atoms with Crippen molar-refractivity contribution in [2.24, 2.45) is 0 Å². The van der Waals surface area contributed by atoms with Crippen LogP contribution in [0.5, 0.6) is 0 Å². The fraction of sp³-hybridized carbons (Fsp3) is 0.379. The standard InChI is InChI=1S/C29H33N7O/c1-34(25-12-4-7-21-8-6-14-31-27(21)25)20-26-32-24-11-5-10-23(28(24)33-26)29(37)36-17-15-35(16-18-36)19-22-9-2-3-13-30-22/h2-3,5-6,8-11,13-14,25H,4,7,12,15-20H2,1H3,(H,32,33). The normalized spacial score (nSPS) is 18.3. The van der Waals surface area contributed by atoms with E-state index < -0.39 is 0 Å². The molecule has 4 heterocycles. The van der Waals surface area contributed by atoms with Gasteiger partial charge in [0.2, 0.25) is 0 Å². The number of para-hydroxylation sites is 1. The highest BCUT2D eigenvalue weighted by atomic mass is 16.2. The van der Waals surface area contributed by atoms with Crippen molar-refractivity contribution >= 4 is 16.9 Å². The summed E-state index contributed by atoms with van der Waals surface area (Å²) in [6.45, 7) is 4.58. The Morgan fingerprint density at radius 3 is 2.73 bits per heavy atom. The van der Waals surface area contributed by atoms with Gasteiger partial charge in [-0.15, -0.1) is 0 Å². The van der Waals surface area contributed by atoms with Gasteiger partial charge in [0.15, 0.2) is 0 Å². The van der Waals surface area contributed by atoms with Crippen LogP contribution < -0.4 is 0 Å². The molecule has 1 aromatic carbocycles. The number of nitrogens with zero attached hydrogens (tertiary/aromatic N) is 6. The number of aromatic nitrogens is 4. The van der Waals surface area contributed by atoms with E-state index in [1.807, 2.05) is 59.8 Å². The Bertz CT molecular complexity index is 1380. The molecular weight excluding hydrogens is 462 g/mol. The van der Waals surface area contributed by atoms with Crippen LogP contribution in [0.3, 0.4) is 0 Å². The number of fused-ring (bicyclic) bond motifs is 2. The summed E-state index contributed by atoms with van der Waals surface area (Å²) in [5.41, 5.74) is 5.94. The second-order valence-electron chi connectivity index (χ2n) is 10.1. The summed E-state index contributed by atoms with van der Waals surface area (Å²) in [5.74, 6) is 0.931. The van der Waals surface area contributed by atoms with Crippen molar-refractivity contribution in [2.45, 2.75) is 38.4 Å². The van der Waals surface area contributed by atoms with Crippen molar-refractivity contribution in [3.05, 3.63) is 89.3 Å². The molecule has 2 aliphatic rings. The van der Waals surface area contributed by atoms with Gasteiger partial charge in [-0.2, -0.15) is 0 Å². The molecule has 1 aliphatic heterocycles. The SMILES string of the molecule is CN(Cc1nc2c(C(=O)N3CCN(Cc4ccccn4)CC3)cccc2[nH]1)C1CCCc2cccnc21. The van der Waals surface area contributed by atoms with E-state index in [1.165, 1.54) is 17.7 Å². The quantitative estimate of drug-likeness (QED) is 0.438. The number of imidazole rings is 1. The number of benzene rings is 1. The van der Waals surface area contributed by atoms with E-state index in [1.54, 1.807) is 0 Å². The Labute approximate surface area is 217 Å². The Hall–Kier alpha value is -3.62. The van der Waals surface area contributed by atoms with Gasteiger partial charge in [-0.3, -0.25) is 24.6 Å². The van der Waals surface area contributed by atoms with Gasteiger partial charge in [0, 0.05) is 45.1 Å². The highest BCUT2D eigenvalue weighted by Gasteiger charge is 2.27. The van der Waals surface area contributed by atoms with Crippen molar-refractivity contribution in [2.75, 3.05) is 33.2 Å². The molecule has 3 aromatic heterocycles. The number of hydrogen-bond acceptors (Lipinski definition) is 6. The highest BCUT2D eigenvalue weighted by molar-refractivity contribution is 6.04. The summed E-state index contributed by atoms with van der Waals surface area (Å²) in [5, 5.41) is 0. The number of amides is 1. The van der Waals surface area contributed by atoms with Crippen LogP contribution in [0.25, 0.3) is 11.0 Å². The average molecular weight is 496 g/mol. The number of H-pyrrole nitrogens is 1. The smallest absolute Gasteiger partial charge is 0.256 e. The molecule has 1 aliphatic carbocycles. The summed E-state index contributed by atoms with van der Waals surface area (Å²) >= 11 is 0. The van der Waals surface area contributed by atoms with Crippen LogP contribution >= 0.6 is 0 Å². The third-order valence-corrected chi connectivity index (χ3v) is 7.66. The number of pyridine rings is 2. The lowest BCUT2D eigenvalue weighted by Crippen LogP contribution is -2.48. The Morgan fingerprint density at radius 2 is 1.89 bits per heavy atom. The van der Waals surface area contributed by atoms with E-state index in [2.05, 4.69) is 32.9 Å². The molecule has 6 rings (SSSR count). The molecule has 1 unspecified atom stereocenters. The summed E-state index contributed by atoms with van der Waals surface area (Å²) < 4.78 is 0. The summed E-state index contributed by atoms with van der Waals surface area (Å²) in [6, 6.07) is 16.4. The van der Waals surface area contributed by atoms with Crippen LogP contribution in [0.2, 0.25) is 0 Å². The number of carbonyl (C=O) groups is 1. The largest absolute Gasteiger partial charge is 0.341 e. The van der Waals surface area contributed by atoms with Gasteiger partial charge in [-0.25, -0.2) is 4.98 Å². The molecule has 0 bridgehead atoms. The van der Waals surface area contributed by atoms with Gasteiger partial charge < -0.3 is 9.88 Å². The molecule has 4 aromatic rings. The number of carbonyl (C=O) groups excluding carboxylic acids is 1. The number of piperazine rings is 1. The summed E-state index contributed by atoms with van der Waals surface area (Å²) in [7, 11) is 2.14. The number of aromatic amines is 1. The molecule has 0 spiro atoms. The van der Waals surface area contributed by atoms with Crippen molar-refractivity contribution < 1.29 is 4.79 Å². The van der Waals surface area contributed by atoms with E-state index in [9.17, 15) is 4.79 Å². The molecule has 1 amide bonds. The first-order valence-corrected chi connectivity index (χ1v) is 13.2. The molecule has 1 saturated heterocycles. The lowest BCUT2D eigenvalue weighted by atomic mass is 9.91. The topological polar surface area (TPSA) is 81.3 Å². The zero-order valence-corrected chi connectivity index (χ0v) is 21.3. The maximum atomic E-state index is 13.5. The molecule has 37 heavy (non-hydrogen) atoms. The average Bonchev–Trinajstić information content (AvgIpc) is 3.36. The number of nitrogens with one attached hydrogen (secondary N) is 1. The first-order chi connectivity index (χ1) is 18.2. The van der Waals surface area contributed by atoms with Gasteiger partial charge in [0.1, 0.15) is 11.3 Å². The molecule has 1 atom stereocenters. The molecule has 8 nitrogen and oxygen atoms in total.